The molecule has 0 saturated carbocycles. The molecule has 1 atom stereocenters. The van der Waals surface area contributed by atoms with E-state index in [2.05, 4.69) is 102 Å². The summed E-state index contributed by atoms with van der Waals surface area (Å²) < 4.78 is 0. The lowest BCUT2D eigenvalue weighted by Gasteiger charge is -2.43. The zero-order chi connectivity index (χ0) is 23.8. The third-order valence-electron chi connectivity index (χ3n) is 5.68. The Labute approximate surface area is 189 Å². The van der Waals surface area contributed by atoms with Crippen LogP contribution in [0.4, 0.5) is 0 Å². The minimum Gasteiger partial charge on any atom is -0.400 e. The van der Waals surface area contributed by atoms with Crippen molar-refractivity contribution in [3.8, 4) is 0 Å². The zero-order valence-corrected chi connectivity index (χ0v) is 21.8. The number of rotatable bonds is 7. The van der Waals surface area contributed by atoms with E-state index >= 15 is 0 Å². The highest BCUT2D eigenvalue weighted by Crippen LogP contribution is 2.46. The van der Waals surface area contributed by atoms with E-state index in [1.165, 1.54) is 24.0 Å². The molecule has 172 valence electrons. The molecule has 2 rings (SSSR count). The quantitative estimate of drug-likeness (QED) is 0.480. The fourth-order valence-electron chi connectivity index (χ4n) is 4.26. The summed E-state index contributed by atoms with van der Waals surface area (Å²) in [4.78, 5) is 0. The van der Waals surface area contributed by atoms with E-state index in [4.69, 9.17) is 5.11 Å². The Hall–Kier alpha value is -1.60. The van der Waals surface area contributed by atoms with Gasteiger partial charge in [0.05, 0.1) is 0 Å². The normalized spacial score (nSPS) is 12.7. The van der Waals surface area contributed by atoms with Crippen molar-refractivity contribution in [1.82, 2.24) is 0 Å². The van der Waals surface area contributed by atoms with Crippen molar-refractivity contribution >= 4 is 0 Å². The van der Waals surface area contributed by atoms with Gasteiger partial charge in [0, 0.05) is 7.11 Å². The summed E-state index contributed by atoms with van der Waals surface area (Å²) in [6.45, 7) is 22.4. The maximum Gasteiger partial charge on any atom is 0.0319 e. The number of hydrogen-bond acceptors (Lipinski definition) is 1. The van der Waals surface area contributed by atoms with E-state index in [-0.39, 0.29) is 10.8 Å². The fourth-order valence-corrected chi connectivity index (χ4v) is 4.26. The number of benzene rings is 2. The van der Waals surface area contributed by atoms with Crippen LogP contribution in [0, 0.1) is 5.41 Å². The molecule has 0 spiro atoms. The Balaban J connectivity index is 0. The first kappa shape index (κ1) is 30.6. The summed E-state index contributed by atoms with van der Waals surface area (Å²) in [6, 6.07) is 22.1. The van der Waals surface area contributed by atoms with Crippen molar-refractivity contribution in [3.63, 3.8) is 0 Å². The van der Waals surface area contributed by atoms with Crippen LogP contribution in [-0.4, -0.2) is 12.2 Å². The first-order chi connectivity index (χ1) is 14.2. The number of aliphatic hydroxyl groups is 1. The monoisotopic (exact) mass is 414 g/mol. The van der Waals surface area contributed by atoms with Gasteiger partial charge in [-0.3, -0.25) is 0 Å². The van der Waals surface area contributed by atoms with Gasteiger partial charge in [0.1, 0.15) is 0 Å². The van der Waals surface area contributed by atoms with Gasteiger partial charge >= 0.3 is 0 Å². The molecule has 2 aromatic carbocycles. The standard InChI is InChI=1S/C24H34.2C2H6.CH4O/c1-7-22(2,3)18-24(6,21-16-12-9-13-17-21)19-23(4,5)20-14-10-8-11-15-20;3*1-2/h8-17H,7,18-19H2,1-6H3;2*1-2H3;2H,1H3. The largest absolute Gasteiger partial charge is 0.400 e. The van der Waals surface area contributed by atoms with Crippen molar-refractivity contribution < 1.29 is 5.11 Å². The average molecular weight is 415 g/mol. The van der Waals surface area contributed by atoms with Crippen LogP contribution in [0.2, 0.25) is 0 Å². The Kier molecular flexibility index (Phi) is 15.5. The van der Waals surface area contributed by atoms with E-state index in [9.17, 15) is 0 Å². The summed E-state index contributed by atoms with van der Waals surface area (Å²) in [5, 5.41) is 7.00. The molecular formula is C29H50O. The maximum absolute atomic E-state index is 7.00. The highest BCUT2D eigenvalue weighted by molar-refractivity contribution is 5.30. The summed E-state index contributed by atoms with van der Waals surface area (Å²) in [5.74, 6) is 0. The maximum atomic E-state index is 7.00. The molecule has 0 bridgehead atoms. The van der Waals surface area contributed by atoms with Crippen LogP contribution >= 0.6 is 0 Å². The predicted octanol–water partition coefficient (Wildman–Crippen LogP) is 8.80. The number of aliphatic hydroxyl groups excluding tert-OH is 1. The van der Waals surface area contributed by atoms with E-state index in [0.717, 1.165) is 13.5 Å². The minimum atomic E-state index is 0.148. The summed E-state index contributed by atoms with van der Waals surface area (Å²) in [6.07, 6.45) is 3.56. The molecule has 30 heavy (non-hydrogen) atoms. The first-order valence-electron chi connectivity index (χ1n) is 11.7. The molecule has 0 amide bonds. The molecule has 0 radical (unpaired) electrons. The SMILES string of the molecule is CC.CC.CCC(C)(C)CC(C)(CC(C)(C)c1ccccc1)c1ccccc1.CO. The van der Waals surface area contributed by atoms with Crippen LogP contribution in [0.25, 0.3) is 0 Å². The van der Waals surface area contributed by atoms with Gasteiger partial charge in [-0.05, 0) is 40.2 Å². The summed E-state index contributed by atoms with van der Waals surface area (Å²) in [5.41, 5.74) is 3.56. The van der Waals surface area contributed by atoms with E-state index < -0.39 is 0 Å². The molecule has 0 saturated heterocycles. The van der Waals surface area contributed by atoms with Crippen LogP contribution in [-0.2, 0) is 10.8 Å². The van der Waals surface area contributed by atoms with E-state index in [1.807, 2.05) is 27.7 Å². The third kappa shape index (κ3) is 9.94. The lowest BCUT2D eigenvalue weighted by atomic mass is 9.61. The van der Waals surface area contributed by atoms with Crippen molar-refractivity contribution in [2.75, 3.05) is 7.11 Å². The lowest BCUT2D eigenvalue weighted by Crippen LogP contribution is -2.36. The molecule has 0 fully saturated rings. The van der Waals surface area contributed by atoms with Crippen LogP contribution in [0.15, 0.2) is 60.7 Å². The third-order valence-corrected chi connectivity index (χ3v) is 5.68. The molecule has 1 nitrogen and oxygen atoms in total. The van der Waals surface area contributed by atoms with Gasteiger partial charge in [0.15, 0.2) is 0 Å². The van der Waals surface area contributed by atoms with Gasteiger partial charge in [-0.15, -0.1) is 0 Å². The first-order valence-corrected chi connectivity index (χ1v) is 11.7. The molecule has 1 N–H and O–H groups in total. The van der Waals surface area contributed by atoms with Crippen LogP contribution < -0.4 is 0 Å². The molecule has 2 aromatic rings. The van der Waals surface area contributed by atoms with E-state index in [0.29, 0.717) is 5.41 Å². The van der Waals surface area contributed by atoms with Gasteiger partial charge in [0.2, 0.25) is 0 Å². The zero-order valence-electron chi connectivity index (χ0n) is 21.8. The highest BCUT2D eigenvalue weighted by Gasteiger charge is 2.38. The second-order valence-corrected chi connectivity index (χ2v) is 9.05. The lowest BCUT2D eigenvalue weighted by molar-refractivity contribution is 0.199. The second-order valence-electron chi connectivity index (χ2n) is 9.05. The van der Waals surface area contributed by atoms with Crippen molar-refractivity contribution in [1.29, 1.82) is 0 Å². The summed E-state index contributed by atoms with van der Waals surface area (Å²) >= 11 is 0. The number of hydrogen-bond donors (Lipinski definition) is 1. The molecule has 1 unspecified atom stereocenters. The molecule has 0 heterocycles. The highest BCUT2D eigenvalue weighted by atomic mass is 16.2. The van der Waals surface area contributed by atoms with Crippen molar-refractivity contribution in [3.05, 3.63) is 71.8 Å². The summed E-state index contributed by atoms with van der Waals surface area (Å²) in [7, 11) is 1.00. The topological polar surface area (TPSA) is 20.2 Å². The molecule has 0 aliphatic carbocycles. The van der Waals surface area contributed by atoms with Gasteiger partial charge in [0.25, 0.3) is 0 Å². The predicted molar refractivity (Wildman–Crippen MR) is 137 cm³/mol. The van der Waals surface area contributed by atoms with Crippen molar-refractivity contribution in [2.24, 2.45) is 5.41 Å². The molecular weight excluding hydrogens is 364 g/mol. The second kappa shape index (κ2) is 15.2. The van der Waals surface area contributed by atoms with Gasteiger partial charge in [-0.2, -0.15) is 0 Å². The van der Waals surface area contributed by atoms with Crippen LogP contribution in [0.1, 0.15) is 99.6 Å². The average Bonchev–Trinajstić information content (AvgIpc) is 2.78. The van der Waals surface area contributed by atoms with Crippen molar-refractivity contribution in [2.45, 2.75) is 99.3 Å². The van der Waals surface area contributed by atoms with Gasteiger partial charge in [-0.1, -0.05) is 136 Å². The molecule has 1 heteroatoms. The van der Waals surface area contributed by atoms with Gasteiger partial charge in [-0.25, -0.2) is 0 Å². The molecule has 0 aliphatic rings. The fraction of sp³-hybridized carbons (Fsp3) is 0.586. The molecule has 0 aliphatic heterocycles. The Bertz CT molecular complexity index is 628. The van der Waals surface area contributed by atoms with Crippen LogP contribution in [0.3, 0.4) is 0 Å². The smallest absolute Gasteiger partial charge is 0.0319 e. The Morgan fingerprint density at radius 3 is 1.33 bits per heavy atom. The van der Waals surface area contributed by atoms with E-state index in [1.54, 1.807) is 0 Å². The van der Waals surface area contributed by atoms with Gasteiger partial charge < -0.3 is 5.11 Å². The Morgan fingerprint density at radius 2 is 0.967 bits per heavy atom. The minimum absolute atomic E-state index is 0.148. The van der Waals surface area contributed by atoms with Crippen LogP contribution in [0.5, 0.6) is 0 Å². The Morgan fingerprint density at radius 1 is 0.600 bits per heavy atom. The molecule has 0 aromatic heterocycles.